The van der Waals surface area contributed by atoms with E-state index >= 15 is 0 Å². The molecule has 0 spiro atoms. The van der Waals surface area contributed by atoms with E-state index in [0.29, 0.717) is 5.92 Å². The van der Waals surface area contributed by atoms with Crippen molar-refractivity contribution in [3.63, 3.8) is 0 Å². The molecule has 0 N–H and O–H groups in total. The van der Waals surface area contributed by atoms with Crippen molar-refractivity contribution in [3.05, 3.63) is 0 Å². The van der Waals surface area contributed by atoms with Gasteiger partial charge in [-0.3, -0.25) is 0 Å². The first-order valence-electron chi connectivity index (χ1n) is 4.81. The summed E-state index contributed by atoms with van der Waals surface area (Å²) >= 11 is 0. The highest BCUT2D eigenvalue weighted by molar-refractivity contribution is 4.85. The first-order valence-corrected chi connectivity index (χ1v) is 4.81. The van der Waals surface area contributed by atoms with Crippen molar-refractivity contribution in [2.24, 2.45) is 5.92 Å². The molecule has 78 valence electrons. The minimum Gasteiger partial charge on any atom is -0.381 e. The van der Waals surface area contributed by atoms with Crippen LogP contribution >= 0.6 is 0 Å². The molecule has 0 aromatic rings. The van der Waals surface area contributed by atoms with Crippen molar-refractivity contribution in [1.82, 2.24) is 0 Å². The third-order valence-corrected chi connectivity index (χ3v) is 3.10. The number of methoxy groups -OCH3 is 3. The van der Waals surface area contributed by atoms with Crippen LogP contribution in [0.15, 0.2) is 0 Å². The van der Waals surface area contributed by atoms with E-state index in [1.54, 1.807) is 21.3 Å². The van der Waals surface area contributed by atoms with E-state index in [1.807, 2.05) is 0 Å². The predicted molar refractivity (Wildman–Crippen MR) is 50.8 cm³/mol. The Kier molecular flexibility index (Phi) is 4.16. The highest BCUT2D eigenvalue weighted by atomic mass is 16.5. The Hall–Kier alpha value is -0.120. The van der Waals surface area contributed by atoms with Crippen LogP contribution in [0.5, 0.6) is 0 Å². The molecule has 1 aliphatic carbocycles. The van der Waals surface area contributed by atoms with Gasteiger partial charge in [-0.2, -0.15) is 0 Å². The highest BCUT2D eigenvalue weighted by Crippen LogP contribution is 2.29. The van der Waals surface area contributed by atoms with Crippen LogP contribution in [0.1, 0.15) is 19.8 Å². The summed E-state index contributed by atoms with van der Waals surface area (Å²) in [4.78, 5) is 0. The molecule has 0 heterocycles. The molecule has 0 amide bonds. The molecule has 0 aromatic heterocycles. The van der Waals surface area contributed by atoms with Gasteiger partial charge in [-0.05, 0) is 0 Å². The molecule has 1 aliphatic rings. The molecular formula is C10H20O3. The van der Waals surface area contributed by atoms with Gasteiger partial charge in [0.25, 0.3) is 0 Å². The van der Waals surface area contributed by atoms with Crippen LogP contribution in [0.25, 0.3) is 0 Å². The quantitative estimate of drug-likeness (QED) is 0.671. The molecule has 1 rings (SSSR count). The second-order valence-electron chi connectivity index (χ2n) is 3.74. The molecule has 13 heavy (non-hydrogen) atoms. The summed E-state index contributed by atoms with van der Waals surface area (Å²) in [7, 11) is 5.26. The normalized spacial score (nSPS) is 40.6. The van der Waals surface area contributed by atoms with E-state index in [9.17, 15) is 0 Å². The van der Waals surface area contributed by atoms with Gasteiger partial charge in [0, 0.05) is 40.1 Å². The van der Waals surface area contributed by atoms with E-state index in [4.69, 9.17) is 14.2 Å². The number of rotatable bonds is 3. The lowest BCUT2D eigenvalue weighted by atomic mass is 9.83. The lowest BCUT2D eigenvalue weighted by Crippen LogP contribution is -2.43. The summed E-state index contributed by atoms with van der Waals surface area (Å²) in [5.74, 6) is 0.460. The smallest absolute Gasteiger partial charge is 0.0646 e. The topological polar surface area (TPSA) is 27.7 Å². The molecule has 0 aromatic carbocycles. The maximum Gasteiger partial charge on any atom is 0.0646 e. The Morgan fingerprint density at radius 2 is 1.31 bits per heavy atom. The first kappa shape index (κ1) is 11.0. The van der Waals surface area contributed by atoms with Gasteiger partial charge in [-0.1, -0.05) is 6.92 Å². The molecule has 2 atom stereocenters. The summed E-state index contributed by atoms with van der Waals surface area (Å²) in [6.07, 6.45) is 2.78. The van der Waals surface area contributed by atoms with E-state index in [-0.39, 0.29) is 18.3 Å². The molecule has 0 bridgehead atoms. The monoisotopic (exact) mass is 188 g/mol. The maximum atomic E-state index is 5.41. The van der Waals surface area contributed by atoms with E-state index < -0.39 is 0 Å². The van der Waals surface area contributed by atoms with Crippen molar-refractivity contribution in [3.8, 4) is 0 Å². The second kappa shape index (κ2) is 4.94. The molecule has 3 heteroatoms. The zero-order chi connectivity index (χ0) is 9.84. The molecule has 0 radical (unpaired) electrons. The van der Waals surface area contributed by atoms with Crippen molar-refractivity contribution in [1.29, 1.82) is 0 Å². The van der Waals surface area contributed by atoms with Crippen molar-refractivity contribution in [2.45, 2.75) is 38.1 Å². The van der Waals surface area contributed by atoms with Gasteiger partial charge in [-0.25, -0.2) is 0 Å². The Morgan fingerprint density at radius 1 is 0.846 bits per heavy atom. The summed E-state index contributed by atoms with van der Waals surface area (Å²) < 4.78 is 16.2. The Balaban J connectivity index is 2.56. The van der Waals surface area contributed by atoms with Crippen LogP contribution in [-0.2, 0) is 14.2 Å². The van der Waals surface area contributed by atoms with E-state index in [1.165, 1.54) is 0 Å². The van der Waals surface area contributed by atoms with Gasteiger partial charge < -0.3 is 14.2 Å². The van der Waals surface area contributed by atoms with Gasteiger partial charge in [0.15, 0.2) is 0 Å². The molecule has 2 unspecified atom stereocenters. The molecule has 3 nitrogen and oxygen atoms in total. The zero-order valence-corrected chi connectivity index (χ0v) is 8.95. The van der Waals surface area contributed by atoms with Crippen molar-refractivity contribution >= 4 is 0 Å². The van der Waals surface area contributed by atoms with Crippen molar-refractivity contribution < 1.29 is 14.2 Å². The summed E-state index contributed by atoms with van der Waals surface area (Å²) in [5.41, 5.74) is 0. The van der Waals surface area contributed by atoms with Gasteiger partial charge in [0.05, 0.1) is 18.3 Å². The lowest BCUT2D eigenvalue weighted by Gasteiger charge is -2.38. The molecule has 0 saturated heterocycles. The lowest BCUT2D eigenvalue weighted by molar-refractivity contribution is -0.104. The number of hydrogen-bond acceptors (Lipinski definition) is 3. The average molecular weight is 188 g/mol. The van der Waals surface area contributed by atoms with Crippen LogP contribution in [0, 0.1) is 5.92 Å². The average Bonchev–Trinajstić information content (AvgIpc) is 2.18. The number of ether oxygens (including phenoxy) is 3. The molecule has 0 aliphatic heterocycles. The minimum absolute atomic E-state index is 0.267. The summed E-state index contributed by atoms with van der Waals surface area (Å²) in [6.45, 7) is 2.17. The largest absolute Gasteiger partial charge is 0.381 e. The summed E-state index contributed by atoms with van der Waals surface area (Å²) in [6, 6.07) is 0. The van der Waals surface area contributed by atoms with Crippen molar-refractivity contribution in [2.75, 3.05) is 21.3 Å². The van der Waals surface area contributed by atoms with Crippen LogP contribution in [0.3, 0.4) is 0 Å². The minimum atomic E-state index is 0.267. The van der Waals surface area contributed by atoms with E-state index in [0.717, 1.165) is 12.8 Å². The number of hydrogen-bond donors (Lipinski definition) is 0. The third-order valence-electron chi connectivity index (χ3n) is 3.10. The predicted octanol–water partition coefficient (Wildman–Crippen LogP) is 1.46. The van der Waals surface area contributed by atoms with Crippen LogP contribution < -0.4 is 0 Å². The zero-order valence-electron chi connectivity index (χ0n) is 8.95. The Labute approximate surface area is 80.4 Å². The fourth-order valence-electron chi connectivity index (χ4n) is 2.10. The fraction of sp³-hybridized carbons (Fsp3) is 1.00. The standard InChI is InChI=1S/C10H20O3/c1-7-9(12-3)5-8(11-2)6-10(7)13-4/h7-10H,5-6H2,1-4H3. The van der Waals surface area contributed by atoms with Gasteiger partial charge in [0.2, 0.25) is 0 Å². The third kappa shape index (κ3) is 2.42. The van der Waals surface area contributed by atoms with E-state index in [2.05, 4.69) is 6.92 Å². The van der Waals surface area contributed by atoms with Crippen LogP contribution in [0.2, 0.25) is 0 Å². The Bertz CT molecular complexity index is 135. The maximum absolute atomic E-state index is 5.41. The first-order chi connectivity index (χ1) is 6.22. The molecule has 1 fully saturated rings. The van der Waals surface area contributed by atoms with Crippen LogP contribution in [0.4, 0.5) is 0 Å². The SMILES string of the molecule is COC1CC(OC)C(C)C(OC)C1. The molecular weight excluding hydrogens is 168 g/mol. The molecule has 1 saturated carbocycles. The van der Waals surface area contributed by atoms with Gasteiger partial charge in [0.1, 0.15) is 0 Å². The van der Waals surface area contributed by atoms with Gasteiger partial charge in [-0.15, -0.1) is 0 Å². The highest BCUT2D eigenvalue weighted by Gasteiger charge is 2.35. The fourth-order valence-corrected chi connectivity index (χ4v) is 2.10. The Morgan fingerprint density at radius 3 is 1.62 bits per heavy atom. The summed E-state index contributed by atoms with van der Waals surface area (Å²) in [5, 5.41) is 0. The van der Waals surface area contributed by atoms with Gasteiger partial charge >= 0.3 is 0 Å². The van der Waals surface area contributed by atoms with Crippen LogP contribution in [-0.4, -0.2) is 39.6 Å². The second-order valence-corrected chi connectivity index (χ2v) is 3.74.